The summed E-state index contributed by atoms with van der Waals surface area (Å²) < 4.78 is 30.3. The molecule has 2 unspecified atom stereocenters. The molecule has 0 aromatic carbocycles. The van der Waals surface area contributed by atoms with Crippen LogP contribution in [0.25, 0.3) is 0 Å². The molecule has 1 N–H and O–H groups in total. The lowest BCUT2D eigenvalue weighted by molar-refractivity contribution is 0.519. The molecule has 1 aliphatic heterocycles. The largest absolute Gasteiger partial charge is 0.331 e. The first-order chi connectivity index (χ1) is 8.99. The standard InChI is InChI=1S/C11H12BrN3O2S2/c1-7-6-9(10-13-3-4-15(7)10)14-19(16,17)11-8(12)2-5-18-11/h2-5,7,9,14H,6H2,1H3. The molecule has 2 aromatic rings. The lowest BCUT2D eigenvalue weighted by Crippen LogP contribution is -2.27. The van der Waals surface area contributed by atoms with Gasteiger partial charge in [0.25, 0.3) is 10.0 Å². The number of thiophene rings is 1. The van der Waals surface area contributed by atoms with Gasteiger partial charge in [0.1, 0.15) is 10.0 Å². The van der Waals surface area contributed by atoms with Gasteiger partial charge in [-0.3, -0.25) is 0 Å². The molecule has 5 nitrogen and oxygen atoms in total. The van der Waals surface area contributed by atoms with Crippen LogP contribution in [0.15, 0.2) is 32.5 Å². The van der Waals surface area contributed by atoms with Gasteiger partial charge in [0.05, 0.1) is 6.04 Å². The summed E-state index contributed by atoms with van der Waals surface area (Å²) >= 11 is 4.46. The fraction of sp³-hybridized carbons (Fsp3) is 0.364. The van der Waals surface area contributed by atoms with E-state index in [0.29, 0.717) is 8.68 Å². The van der Waals surface area contributed by atoms with Crippen molar-refractivity contribution in [1.29, 1.82) is 0 Å². The van der Waals surface area contributed by atoms with Crippen molar-refractivity contribution in [3.8, 4) is 0 Å². The van der Waals surface area contributed by atoms with E-state index in [1.54, 1.807) is 17.6 Å². The van der Waals surface area contributed by atoms with E-state index < -0.39 is 10.0 Å². The predicted octanol–water partition coefficient (Wildman–Crippen LogP) is 2.69. The normalized spacial score (nSPS) is 22.6. The van der Waals surface area contributed by atoms with Crippen LogP contribution in [0.5, 0.6) is 0 Å². The summed E-state index contributed by atoms with van der Waals surface area (Å²) in [5.74, 6) is 0.781. The molecule has 0 aliphatic carbocycles. The minimum atomic E-state index is -3.51. The Kier molecular flexibility index (Phi) is 3.28. The summed E-state index contributed by atoms with van der Waals surface area (Å²) in [6.07, 6.45) is 4.31. The maximum Gasteiger partial charge on any atom is 0.251 e. The molecule has 0 bridgehead atoms. The third-order valence-electron chi connectivity index (χ3n) is 3.19. The van der Waals surface area contributed by atoms with Crippen molar-refractivity contribution in [3.63, 3.8) is 0 Å². The Bertz CT molecular complexity index is 707. The third-order valence-corrected chi connectivity index (χ3v) is 7.33. The second-order valence-electron chi connectivity index (χ2n) is 4.51. The van der Waals surface area contributed by atoms with Gasteiger partial charge in [-0.25, -0.2) is 13.4 Å². The zero-order valence-electron chi connectivity index (χ0n) is 10.1. The van der Waals surface area contributed by atoms with Crippen molar-refractivity contribution >= 4 is 37.3 Å². The highest BCUT2D eigenvalue weighted by Gasteiger charge is 2.33. The lowest BCUT2D eigenvalue weighted by Gasteiger charge is -2.11. The molecule has 19 heavy (non-hydrogen) atoms. The first-order valence-corrected chi connectivity index (χ1v) is 8.92. The molecule has 0 spiro atoms. The van der Waals surface area contributed by atoms with E-state index in [1.807, 2.05) is 10.8 Å². The molecule has 0 radical (unpaired) electrons. The van der Waals surface area contributed by atoms with Gasteiger partial charge in [-0.1, -0.05) is 0 Å². The van der Waals surface area contributed by atoms with Crippen molar-refractivity contribution in [1.82, 2.24) is 14.3 Å². The molecule has 2 aromatic heterocycles. The summed E-state index contributed by atoms with van der Waals surface area (Å²) in [6.45, 7) is 2.06. The Morgan fingerprint density at radius 1 is 1.58 bits per heavy atom. The van der Waals surface area contributed by atoms with Gasteiger partial charge in [-0.2, -0.15) is 4.72 Å². The highest BCUT2D eigenvalue weighted by atomic mass is 79.9. The molecule has 8 heteroatoms. The minimum Gasteiger partial charge on any atom is -0.331 e. The van der Waals surface area contributed by atoms with Gasteiger partial charge in [-0.15, -0.1) is 11.3 Å². The van der Waals surface area contributed by atoms with E-state index in [1.165, 1.54) is 11.3 Å². The number of nitrogens with zero attached hydrogens (tertiary/aromatic N) is 2. The minimum absolute atomic E-state index is 0.260. The van der Waals surface area contributed by atoms with Gasteiger partial charge in [0.2, 0.25) is 0 Å². The molecular formula is C11H12BrN3O2S2. The summed E-state index contributed by atoms with van der Waals surface area (Å²) in [7, 11) is -3.51. The Hall–Kier alpha value is -0.700. The maximum absolute atomic E-state index is 12.3. The fourth-order valence-corrected chi connectivity index (χ4v) is 5.90. The van der Waals surface area contributed by atoms with Gasteiger partial charge >= 0.3 is 0 Å². The average Bonchev–Trinajstić information content (AvgIpc) is 2.99. The highest BCUT2D eigenvalue weighted by Crippen LogP contribution is 2.35. The quantitative estimate of drug-likeness (QED) is 0.913. The van der Waals surface area contributed by atoms with E-state index >= 15 is 0 Å². The van der Waals surface area contributed by atoms with Crippen molar-refractivity contribution in [3.05, 3.63) is 34.1 Å². The van der Waals surface area contributed by atoms with Crippen LogP contribution < -0.4 is 4.72 Å². The number of sulfonamides is 1. The molecule has 0 amide bonds. The summed E-state index contributed by atoms with van der Waals surface area (Å²) in [5.41, 5.74) is 0. The van der Waals surface area contributed by atoms with Crippen LogP contribution in [0, 0.1) is 0 Å². The van der Waals surface area contributed by atoms with Crippen molar-refractivity contribution in [2.75, 3.05) is 0 Å². The Morgan fingerprint density at radius 2 is 2.37 bits per heavy atom. The summed E-state index contributed by atoms with van der Waals surface area (Å²) in [5, 5.41) is 1.75. The van der Waals surface area contributed by atoms with Crippen LogP contribution in [0.2, 0.25) is 0 Å². The monoisotopic (exact) mass is 361 g/mol. The number of halogens is 1. The van der Waals surface area contributed by atoms with Crippen molar-refractivity contribution < 1.29 is 8.42 Å². The number of imidazole rings is 1. The molecule has 0 fully saturated rings. The topological polar surface area (TPSA) is 64.0 Å². The first kappa shape index (κ1) is 13.3. The van der Waals surface area contributed by atoms with E-state index in [2.05, 4.69) is 32.6 Å². The fourth-order valence-electron chi connectivity index (χ4n) is 2.34. The van der Waals surface area contributed by atoms with E-state index in [0.717, 1.165) is 12.2 Å². The Morgan fingerprint density at radius 3 is 3.05 bits per heavy atom. The van der Waals surface area contributed by atoms with Gasteiger partial charge in [-0.05, 0) is 40.7 Å². The molecule has 102 valence electrons. The number of rotatable bonds is 3. The molecule has 1 aliphatic rings. The van der Waals surface area contributed by atoms with Crippen LogP contribution >= 0.6 is 27.3 Å². The number of fused-ring (bicyclic) bond motifs is 1. The van der Waals surface area contributed by atoms with E-state index in [-0.39, 0.29) is 12.1 Å². The molecular weight excluding hydrogens is 350 g/mol. The van der Waals surface area contributed by atoms with Crippen molar-refractivity contribution in [2.45, 2.75) is 29.6 Å². The number of aromatic nitrogens is 2. The summed E-state index contributed by atoms with van der Waals surface area (Å²) in [6, 6.07) is 1.73. The molecule has 0 saturated heterocycles. The lowest BCUT2D eigenvalue weighted by atomic mass is 10.2. The predicted molar refractivity (Wildman–Crippen MR) is 76.6 cm³/mol. The van der Waals surface area contributed by atoms with Crippen LogP contribution in [0.1, 0.15) is 31.3 Å². The molecule has 3 heterocycles. The van der Waals surface area contributed by atoms with Gasteiger partial charge < -0.3 is 4.57 Å². The van der Waals surface area contributed by atoms with E-state index in [9.17, 15) is 8.42 Å². The Balaban J connectivity index is 1.90. The van der Waals surface area contributed by atoms with Gasteiger partial charge in [0, 0.05) is 22.9 Å². The average molecular weight is 362 g/mol. The number of nitrogens with one attached hydrogen (secondary N) is 1. The molecule has 2 atom stereocenters. The molecule has 0 saturated carbocycles. The maximum atomic E-state index is 12.3. The summed E-state index contributed by atoms with van der Waals surface area (Å²) in [4.78, 5) is 4.24. The second-order valence-corrected chi connectivity index (χ2v) is 8.19. The zero-order chi connectivity index (χ0) is 13.6. The van der Waals surface area contributed by atoms with Crippen LogP contribution in [-0.4, -0.2) is 18.0 Å². The first-order valence-electron chi connectivity index (χ1n) is 5.77. The molecule has 3 rings (SSSR count). The zero-order valence-corrected chi connectivity index (χ0v) is 13.3. The van der Waals surface area contributed by atoms with Crippen LogP contribution in [0.4, 0.5) is 0 Å². The van der Waals surface area contributed by atoms with Crippen LogP contribution in [0.3, 0.4) is 0 Å². The van der Waals surface area contributed by atoms with Crippen LogP contribution in [-0.2, 0) is 10.0 Å². The Labute approximate surface area is 123 Å². The smallest absolute Gasteiger partial charge is 0.251 e. The van der Waals surface area contributed by atoms with Gasteiger partial charge in [0.15, 0.2) is 0 Å². The number of hydrogen-bond donors (Lipinski definition) is 1. The van der Waals surface area contributed by atoms with E-state index in [4.69, 9.17) is 0 Å². The SMILES string of the molecule is CC1CC(NS(=O)(=O)c2sccc2Br)c2nccn21. The third kappa shape index (κ3) is 2.26. The highest BCUT2D eigenvalue weighted by molar-refractivity contribution is 9.10. The van der Waals surface area contributed by atoms with Crippen molar-refractivity contribution in [2.24, 2.45) is 0 Å². The number of hydrogen-bond acceptors (Lipinski definition) is 4. The second kappa shape index (κ2) is 4.69.